The number of piperidine rings is 1. The number of amides is 2. The van der Waals surface area contributed by atoms with E-state index in [0.29, 0.717) is 19.5 Å². The molecule has 0 unspecified atom stereocenters. The van der Waals surface area contributed by atoms with Crippen LogP contribution in [0.2, 0.25) is 0 Å². The van der Waals surface area contributed by atoms with Gasteiger partial charge in [0.15, 0.2) is 0 Å². The maximum absolute atomic E-state index is 12.1. The molecule has 2 rings (SSSR count). The van der Waals surface area contributed by atoms with Crippen LogP contribution in [0, 0.1) is 5.92 Å². The van der Waals surface area contributed by atoms with Crippen LogP contribution >= 0.6 is 0 Å². The molecule has 1 aromatic rings. The van der Waals surface area contributed by atoms with Gasteiger partial charge in [-0.25, -0.2) is 0 Å². The highest BCUT2D eigenvalue weighted by atomic mass is 19.3. The van der Waals surface area contributed by atoms with E-state index < -0.39 is 6.61 Å². The first kappa shape index (κ1) is 19.1. The maximum atomic E-state index is 12.1. The lowest BCUT2D eigenvalue weighted by Crippen LogP contribution is -2.45. The van der Waals surface area contributed by atoms with E-state index in [-0.39, 0.29) is 30.0 Å². The van der Waals surface area contributed by atoms with E-state index in [4.69, 9.17) is 5.73 Å². The average molecular weight is 355 g/mol. The van der Waals surface area contributed by atoms with Gasteiger partial charge in [0.05, 0.1) is 12.5 Å². The van der Waals surface area contributed by atoms with E-state index in [2.05, 4.69) is 10.1 Å². The molecule has 1 atom stereocenters. The molecule has 1 heterocycles. The third-order valence-electron chi connectivity index (χ3n) is 4.16. The summed E-state index contributed by atoms with van der Waals surface area (Å²) in [6, 6.07) is 6.32. The SMILES string of the molecule is NC(=O)[C@H]1CCCN(CC(=O)NCCc2ccc(OC(F)F)cc2)C1. The van der Waals surface area contributed by atoms with Crippen molar-refractivity contribution in [3.05, 3.63) is 29.8 Å². The summed E-state index contributed by atoms with van der Waals surface area (Å²) in [7, 11) is 0. The molecule has 1 aliphatic heterocycles. The lowest BCUT2D eigenvalue weighted by molar-refractivity contribution is -0.126. The van der Waals surface area contributed by atoms with Crippen molar-refractivity contribution in [1.82, 2.24) is 10.2 Å². The number of carbonyl (C=O) groups is 2. The summed E-state index contributed by atoms with van der Waals surface area (Å²) in [4.78, 5) is 25.2. The molecule has 0 bridgehead atoms. The second-order valence-corrected chi connectivity index (χ2v) is 6.10. The summed E-state index contributed by atoms with van der Waals surface area (Å²) in [6.45, 7) is -0.850. The van der Waals surface area contributed by atoms with E-state index in [0.717, 1.165) is 24.9 Å². The largest absolute Gasteiger partial charge is 0.435 e. The van der Waals surface area contributed by atoms with Crippen molar-refractivity contribution in [2.45, 2.75) is 25.9 Å². The predicted octanol–water partition coefficient (Wildman–Crippen LogP) is 1.14. The van der Waals surface area contributed by atoms with Crippen molar-refractivity contribution < 1.29 is 23.1 Å². The number of nitrogens with one attached hydrogen (secondary N) is 1. The smallest absolute Gasteiger partial charge is 0.387 e. The molecule has 1 fully saturated rings. The molecule has 1 aromatic carbocycles. The highest BCUT2D eigenvalue weighted by molar-refractivity contribution is 5.79. The van der Waals surface area contributed by atoms with Gasteiger partial charge in [0.2, 0.25) is 11.8 Å². The number of primary amides is 1. The number of alkyl halides is 2. The van der Waals surface area contributed by atoms with Crippen LogP contribution in [-0.4, -0.2) is 49.5 Å². The van der Waals surface area contributed by atoms with Gasteiger partial charge in [-0.2, -0.15) is 8.78 Å². The first-order valence-corrected chi connectivity index (χ1v) is 8.26. The fraction of sp³-hybridized carbons (Fsp3) is 0.529. The average Bonchev–Trinajstić information content (AvgIpc) is 2.56. The molecular weight excluding hydrogens is 332 g/mol. The molecule has 2 amide bonds. The molecule has 138 valence electrons. The standard InChI is InChI=1S/C17H23F2N3O3/c18-17(19)25-14-5-3-12(4-6-14)7-8-21-15(23)11-22-9-1-2-13(10-22)16(20)24/h3-6,13,17H,1-2,7-11H2,(H2,20,24)(H,21,23)/t13-/m0/s1. The number of rotatable bonds is 8. The number of hydrogen-bond donors (Lipinski definition) is 2. The number of hydrogen-bond acceptors (Lipinski definition) is 4. The highest BCUT2D eigenvalue weighted by Crippen LogP contribution is 2.16. The second-order valence-electron chi connectivity index (χ2n) is 6.10. The summed E-state index contributed by atoms with van der Waals surface area (Å²) in [5.41, 5.74) is 6.24. The van der Waals surface area contributed by atoms with Gasteiger partial charge in [0, 0.05) is 13.1 Å². The Hall–Kier alpha value is -2.22. The molecule has 0 aliphatic carbocycles. The number of benzene rings is 1. The minimum absolute atomic E-state index is 0.108. The van der Waals surface area contributed by atoms with Crippen LogP contribution in [0.5, 0.6) is 5.75 Å². The molecule has 0 aromatic heterocycles. The quantitative estimate of drug-likeness (QED) is 0.732. The summed E-state index contributed by atoms with van der Waals surface area (Å²) in [6.07, 6.45) is 2.22. The molecule has 8 heteroatoms. The summed E-state index contributed by atoms with van der Waals surface area (Å²) in [5.74, 6) is -0.500. The Morgan fingerprint density at radius 3 is 2.68 bits per heavy atom. The molecule has 1 aliphatic rings. The monoisotopic (exact) mass is 355 g/mol. The van der Waals surface area contributed by atoms with Gasteiger partial charge in [-0.15, -0.1) is 0 Å². The van der Waals surface area contributed by atoms with Crippen molar-refractivity contribution >= 4 is 11.8 Å². The van der Waals surface area contributed by atoms with Crippen molar-refractivity contribution in [2.75, 3.05) is 26.2 Å². The van der Waals surface area contributed by atoms with Crippen molar-refractivity contribution in [3.63, 3.8) is 0 Å². The van der Waals surface area contributed by atoms with E-state index in [1.165, 1.54) is 12.1 Å². The van der Waals surface area contributed by atoms with E-state index >= 15 is 0 Å². The van der Waals surface area contributed by atoms with E-state index in [9.17, 15) is 18.4 Å². The summed E-state index contributed by atoms with van der Waals surface area (Å²) in [5, 5.41) is 2.82. The van der Waals surface area contributed by atoms with Gasteiger partial charge in [0.1, 0.15) is 5.75 Å². The van der Waals surface area contributed by atoms with E-state index in [1.807, 2.05) is 4.90 Å². The van der Waals surface area contributed by atoms with Crippen LogP contribution in [-0.2, 0) is 16.0 Å². The van der Waals surface area contributed by atoms with Gasteiger partial charge >= 0.3 is 6.61 Å². The lowest BCUT2D eigenvalue weighted by atomic mass is 9.97. The Balaban J connectivity index is 1.69. The molecule has 0 spiro atoms. The zero-order valence-corrected chi connectivity index (χ0v) is 13.9. The highest BCUT2D eigenvalue weighted by Gasteiger charge is 2.24. The van der Waals surface area contributed by atoms with E-state index in [1.54, 1.807) is 12.1 Å². The van der Waals surface area contributed by atoms with Gasteiger partial charge < -0.3 is 15.8 Å². The van der Waals surface area contributed by atoms with Crippen molar-refractivity contribution in [2.24, 2.45) is 11.7 Å². The van der Waals surface area contributed by atoms with Crippen molar-refractivity contribution in [1.29, 1.82) is 0 Å². The topological polar surface area (TPSA) is 84.7 Å². The Morgan fingerprint density at radius 1 is 1.32 bits per heavy atom. The zero-order valence-electron chi connectivity index (χ0n) is 13.9. The number of halogens is 2. The molecule has 25 heavy (non-hydrogen) atoms. The molecule has 3 N–H and O–H groups in total. The van der Waals surface area contributed by atoms with Gasteiger partial charge in [0.25, 0.3) is 0 Å². The molecule has 6 nitrogen and oxygen atoms in total. The summed E-state index contributed by atoms with van der Waals surface area (Å²) >= 11 is 0. The van der Waals surface area contributed by atoms with Crippen LogP contribution in [0.1, 0.15) is 18.4 Å². The summed E-state index contributed by atoms with van der Waals surface area (Å²) < 4.78 is 28.4. The Kier molecular flexibility index (Phi) is 7.12. The van der Waals surface area contributed by atoms with Gasteiger partial charge in [-0.3, -0.25) is 14.5 Å². The van der Waals surface area contributed by atoms with Crippen LogP contribution < -0.4 is 15.8 Å². The zero-order chi connectivity index (χ0) is 18.2. The Labute approximate surface area is 145 Å². The third-order valence-corrected chi connectivity index (χ3v) is 4.16. The minimum Gasteiger partial charge on any atom is -0.435 e. The van der Waals surface area contributed by atoms with Gasteiger partial charge in [-0.1, -0.05) is 12.1 Å². The normalized spacial score (nSPS) is 18.1. The molecular formula is C17H23F2N3O3. The minimum atomic E-state index is -2.84. The van der Waals surface area contributed by atoms with Crippen LogP contribution in [0.25, 0.3) is 0 Å². The number of nitrogens with two attached hydrogens (primary N) is 1. The van der Waals surface area contributed by atoms with Crippen LogP contribution in [0.3, 0.4) is 0 Å². The number of ether oxygens (including phenoxy) is 1. The number of nitrogens with zero attached hydrogens (tertiary/aromatic N) is 1. The number of likely N-dealkylation sites (tertiary alicyclic amines) is 1. The predicted molar refractivity (Wildman–Crippen MR) is 88.1 cm³/mol. The Morgan fingerprint density at radius 2 is 2.04 bits per heavy atom. The maximum Gasteiger partial charge on any atom is 0.387 e. The van der Waals surface area contributed by atoms with Gasteiger partial charge in [-0.05, 0) is 43.5 Å². The lowest BCUT2D eigenvalue weighted by Gasteiger charge is -2.30. The van der Waals surface area contributed by atoms with Crippen LogP contribution in [0.15, 0.2) is 24.3 Å². The molecule has 0 radical (unpaired) electrons. The Bertz CT molecular complexity index is 581. The second kappa shape index (κ2) is 9.31. The fourth-order valence-electron chi connectivity index (χ4n) is 2.87. The molecule has 0 saturated carbocycles. The number of carbonyl (C=O) groups excluding carboxylic acids is 2. The fourth-order valence-corrected chi connectivity index (χ4v) is 2.87. The van der Waals surface area contributed by atoms with Crippen LogP contribution in [0.4, 0.5) is 8.78 Å². The van der Waals surface area contributed by atoms with Crippen molar-refractivity contribution in [3.8, 4) is 5.75 Å². The third kappa shape index (κ3) is 6.66. The first-order valence-electron chi connectivity index (χ1n) is 8.26. The molecule has 1 saturated heterocycles. The first-order chi connectivity index (χ1) is 11.9.